The van der Waals surface area contributed by atoms with Crippen LogP contribution in [0.25, 0.3) is 11.1 Å². The Morgan fingerprint density at radius 1 is 1.16 bits per heavy atom. The standard InChI is InChI=1S/C14H9Cl2FO2/c1-19-14(18)8-5-6-12(17)10(7-8)9-3-2-4-11(15)13(9)16/h2-7H,1H3. The molecule has 0 fully saturated rings. The van der Waals surface area contributed by atoms with Crippen molar-refractivity contribution in [2.75, 3.05) is 7.11 Å². The van der Waals surface area contributed by atoms with Crippen LogP contribution >= 0.6 is 23.2 Å². The average molecular weight is 299 g/mol. The fourth-order valence-corrected chi connectivity index (χ4v) is 2.09. The van der Waals surface area contributed by atoms with Gasteiger partial charge in [-0.15, -0.1) is 0 Å². The summed E-state index contributed by atoms with van der Waals surface area (Å²) in [6, 6.07) is 8.83. The zero-order chi connectivity index (χ0) is 14.0. The molecular weight excluding hydrogens is 290 g/mol. The summed E-state index contributed by atoms with van der Waals surface area (Å²) < 4.78 is 18.5. The molecule has 0 spiro atoms. The van der Waals surface area contributed by atoms with Crippen molar-refractivity contribution in [3.63, 3.8) is 0 Å². The first kappa shape index (κ1) is 13.8. The molecule has 0 N–H and O–H groups in total. The molecule has 0 aliphatic heterocycles. The minimum absolute atomic E-state index is 0.204. The molecule has 0 aromatic heterocycles. The molecule has 0 amide bonds. The molecule has 0 aliphatic carbocycles. The summed E-state index contributed by atoms with van der Waals surface area (Å²) in [5, 5.41) is 0.562. The molecule has 0 unspecified atom stereocenters. The minimum atomic E-state index is -0.542. The molecule has 0 atom stereocenters. The van der Waals surface area contributed by atoms with E-state index in [2.05, 4.69) is 4.74 Å². The third kappa shape index (κ3) is 2.72. The molecule has 98 valence electrons. The highest BCUT2D eigenvalue weighted by atomic mass is 35.5. The van der Waals surface area contributed by atoms with Crippen molar-refractivity contribution in [1.82, 2.24) is 0 Å². The Hall–Kier alpha value is -1.58. The summed E-state index contributed by atoms with van der Waals surface area (Å²) in [5.41, 5.74) is 0.878. The highest BCUT2D eigenvalue weighted by Crippen LogP contribution is 2.35. The number of carbonyl (C=O) groups is 1. The van der Waals surface area contributed by atoms with Crippen molar-refractivity contribution in [3.8, 4) is 11.1 Å². The highest BCUT2D eigenvalue weighted by Gasteiger charge is 2.14. The molecule has 2 aromatic rings. The first-order valence-corrected chi connectivity index (χ1v) is 6.12. The van der Waals surface area contributed by atoms with E-state index in [1.807, 2.05) is 0 Å². The van der Waals surface area contributed by atoms with Crippen molar-refractivity contribution in [2.45, 2.75) is 0 Å². The van der Waals surface area contributed by atoms with Gasteiger partial charge in [0, 0.05) is 11.1 Å². The molecule has 0 bridgehead atoms. The molecular formula is C14H9Cl2FO2. The lowest BCUT2D eigenvalue weighted by molar-refractivity contribution is 0.0600. The molecule has 2 nitrogen and oxygen atoms in total. The third-order valence-corrected chi connectivity index (χ3v) is 3.45. The predicted octanol–water partition coefficient (Wildman–Crippen LogP) is 4.59. The zero-order valence-electron chi connectivity index (χ0n) is 9.91. The van der Waals surface area contributed by atoms with Gasteiger partial charge >= 0.3 is 5.97 Å². The second-order valence-electron chi connectivity index (χ2n) is 3.79. The Labute approximate surface area is 119 Å². The van der Waals surface area contributed by atoms with Crippen LogP contribution in [0.4, 0.5) is 4.39 Å². The van der Waals surface area contributed by atoms with Crippen LogP contribution in [0.2, 0.25) is 10.0 Å². The Kier molecular flexibility index (Phi) is 4.08. The smallest absolute Gasteiger partial charge is 0.337 e. The zero-order valence-corrected chi connectivity index (χ0v) is 11.4. The fourth-order valence-electron chi connectivity index (χ4n) is 1.69. The number of methoxy groups -OCH3 is 1. The number of carbonyl (C=O) groups excluding carboxylic acids is 1. The molecule has 2 rings (SSSR count). The number of ether oxygens (including phenoxy) is 1. The van der Waals surface area contributed by atoms with Gasteiger partial charge < -0.3 is 4.74 Å². The second kappa shape index (κ2) is 5.59. The van der Waals surface area contributed by atoms with Gasteiger partial charge in [-0.2, -0.15) is 0 Å². The van der Waals surface area contributed by atoms with Crippen LogP contribution in [0.1, 0.15) is 10.4 Å². The van der Waals surface area contributed by atoms with Crippen LogP contribution in [0, 0.1) is 5.82 Å². The van der Waals surface area contributed by atoms with Gasteiger partial charge in [0.1, 0.15) is 5.82 Å². The summed E-state index contributed by atoms with van der Waals surface area (Å²) in [4.78, 5) is 11.5. The van der Waals surface area contributed by atoms with Crippen LogP contribution < -0.4 is 0 Å². The summed E-state index contributed by atoms with van der Waals surface area (Å²) in [5.74, 6) is -1.03. The summed E-state index contributed by atoms with van der Waals surface area (Å²) in [7, 11) is 1.26. The Morgan fingerprint density at radius 3 is 2.58 bits per heavy atom. The van der Waals surface area contributed by atoms with Gasteiger partial charge in [-0.3, -0.25) is 0 Å². The van der Waals surface area contributed by atoms with E-state index in [4.69, 9.17) is 23.2 Å². The number of hydrogen-bond acceptors (Lipinski definition) is 2. The number of rotatable bonds is 2. The normalized spacial score (nSPS) is 10.3. The van der Waals surface area contributed by atoms with E-state index >= 15 is 0 Å². The molecule has 19 heavy (non-hydrogen) atoms. The fraction of sp³-hybridized carbons (Fsp3) is 0.0714. The van der Waals surface area contributed by atoms with Gasteiger partial charge in [0.05, 0.1) is 22.7 Å². The van der Waals surface area contributed by atoms with E-state index in [0.717, 1.165) is 0 Å². The van der Waals surface area contributed by atoms with E-state index in [1.54, 1.807) is 18.2 Å². The maximum absolute atomic E-state index is 13.9. The van der Waals surface area contributed by atoms with Crippen molar-refractivity contribution in [3.05, 3.63) is 57.8 Å². The topological polar surface area (TPSA) is 26.3 Å². The Bertz CT molecular complexity index is 641. The number of hydrogen-bond donors (Lipinski definition) is 0. The SMILES string of the molecule is COC(=O)c1ccc(F)c(-c2cccc(Cl)c2Cl)c1. The van der Waals surface area contributed by atoms with Crippen LogP contribution in [-0.2, 0) is 4.74 Å². The quantitative estimate of drug-likeness (QED) is 0.758. The number of halogens is 3. The van der Waals surface area contributed by atoms with Gasteiger partial charge in [-0.1, -0.05) is 35.3 Å². The van der Waals surface area contributed by atoms with E-state index in [9.17, 15) is 9.18 Å². The van der Waals surface area contributed by atoms with Crippen molar-refractivity contribution >= 4 is 29.2 Å². The summed E-state index contributed by atoms with van der Waals surface area (Å²) in [6.07, 6.45) is 0. The van der Waals surface area contributed by atoms with E-state index in [1.165, 1.54) is 25.3 Å². The monoisotopic (exact) mass is 298 g/mol. The molecule has 0 saturated carbocycles. The van der Waals surface area contributed by atoms with Crippen molar-refractivity contribution in [2.24, 2.45) is 0 Å². The molecule has 2 aromatic carbocycles. The first-order valence-electron chi connectivity index (χ1n) is 5.37. The molecule has 0 heterocycles. The number of benzene rings is 2. The Balaban J connectivity index is 2.61. The largest absolute Gasteiger partial charge is 0.465 e. The molecule has 0 saturated heterocycles. The highest BCUT2D eigenvalue weighted by molar-refractivity contribution is 6.43. The lowest BCUT2D eigenvalue weighted by atomic mass is 10.0. The first-order chi connectivity index (χ1) is 9.04. The lowest BCUT2D eigenvalue weighted by Crippen LogP contribution is -2.02. The number of esters is 1. The van der Waals surface area contributed by atoms with Crippen LogP contribution in [-0.4, -0.2) is 13.1 Å². The lowest BCUT2D eigenvalue weighted by Gasteiger charge is -2.09. The van der Waals surface area contributed by atoms with E-state index < -0.39 is 11.8 Å². The summed E-state index contributed by atoms with van der Waals surface area (Å²) in [6.45, 7) is 0. The average Bonchev–Trinajstić information content (AvgIpc) is 2.42. The van der Waals surface area contributed by atoms with Crippen LogP contribution in [0.15, 0.2) is 36.4 Å². The Morgan fingerprint density at radius 2 is 1.89 bits per heavy atom. The third-order valence-electron chi connectivity index (χ3n) is 2.63. The maximum Gasteiger partial charge on any atom is 0.337 e. The van der Waals surface area contributed by atoms with Gasteiger partial charge in [0.15, 0.2) is 0 Å². The van der Waals surface area contributed by atoms with Gasteiger partial charge in [0.2, 0.25) is 0 Å². The van der Waals surface area contributed by atoms with Gasteiger partial charge in [0.25, 0.3) is 0 Å². The summed E-state index contributed by atoms with van der Waals surface area (Å²) >= 11 is 12.0. The van der Waals surface area contributed by atoms with Gasteiger partial charge in [-0.25, -0.2) is 9.18 Å². The van der Waals surface area contributed by atoms with Crippen molar-refractivity contribution < 1.29 is 13.9 Å². The minimum Gasteiger partial charge on any atom is -0.465 e. The second-order valence-corrected chi connectivity index (χ2v) is 4.57. The van der Waals surface area contributed by atoms with Crippen LogP contribution in [0.5, 0.6) is 0 Å². The molecule has 0 aliphatic rings. The molecule has 0 radical (unpaired) electrons. The maximum atomic E-state index is 13.9. The van der Waals surface area contributed by atoms with Gasteiger partial charge in [-0.05, 0) is 24.3 Å². The van der Waals surface area contributed by atoms with Crippen molar-refractivity contribution in [1.29, 1.82) is 0 Å². The van der Waals surface area contributed by atoms with E-state index in [-0.39, 0.29) is 16.1 Å². The van der Waals surface area contributed by atoms with E-state index in [0.29, 0.717) is 10.6 Å². The molecule has 5 heteroatoms. The predicted molar refractivity (Wildman–Crippen MR) is 73.2 cm³/mol. The van der Waals surface area contributed by atoms with Crippen LogP contribution in [0.3, 0.4) is 0 Å².